The number of likely N-dealkylation sites (N-methyl/N-ethyl adjacent to an activating group) is 1. The molecule has 3 rings (SSSR count). The number of methoxy groups -OCH3 is 1. The number of benzene rings is 2. The van der Waals surface area contributed by atoms with E-state index in [0.29, 0.717) is 30.1 Å². The summed E-state index contributed by atoms with van der Waals surface area (Å²) in [5, 5.41) is 2.64. The van der Waals surface area contributed by atoms with Gasteiger partial charge < -0.3 is 9.64 Å². The fourth-order valence-corrected chi connectivity index (χ4v) is 5.48. The summed E-state index contributed by atoms with van der Waals surface area (Å²) in [6, 6.07) is 13.5. The summed E-state index contributed by atoms with van der Waals surface area (Å²) in [5.74, 6) is 0.0520. The Kier molecular flexibility index (Phi) is 7.29. The van der Waals surface area contributed by atoms with E-state index in [0.717, 1.165) is 9.31 Å². The zero-order valence-electron chi connectivity index (χ0n) is 17.7. The molecule has 0 bridgehead atoms. The van der Waals surface area contributed by atoms with E-state index < -0.39 is 10.0 Å². The molecule has 0 unspecified atom stereocenters. The molecule has 1 heterocycles. The van der Waals surface area contributed by atoms with E-state index in [-0.39, 0.29) is 17.3 Å². The number of thiazole rings is 1. The normalized spacial score (nSPS) is 11.2. The Hall–Kier alpha value is -2.91. The van der Waals surface area contributed by atoms with Gasteiger partial charge in [0.05, 0.1) is 24.2 Å². The molecule has 0 aliphatic carbocycles. The molecule has 0 fully saturated rings. The number of rotatable bonds is 9. The molecule has 0 aliphatic heterocycles. The molecule has 1 amide bonds. The summed E-state index contributed by atoms with van der Waals surface area (Å²) in [7, 11) is -2.55. The van der Waals surface area contributed by atoms with Gasteiger partial charge in [-0.15, -0.1) is 11.3 Å². The highest BCUT2D eigenvalue weighted by atomic mass is 32.2. The van der Waals surface area contributed by atoms with Crippen LogP contribution in [0.3, 0.4) is 0 Å². The second-order valence-corrected chi connectivity index (χ2v) is 9.59. The fraction of sp³-hybridized carbons (Fsp3) is 0.273. The number of carbonyl (C=O) groups is 1. The van der Waals surface area contributed by atoms with Crippen LogP contribution in [0.2, 0.25) is 0 Å². The van der Waals surface area contributed by atoms with Crippen LogP contribution in [-0.2, 0) is 21.4 Å². The average molecular weight is 460 g/mol. The van der Waals surface area contributed by atoms with Crippen LogP contribution in [-0.4, -0.2) is 44.4 Å². The van der Waals surface area contributed by atoms with E-state index in [2.05, 4.69) is 4.98 Å². The first-order valence-corrected chi connectivity index (χ1v) is 12.1. The van der Waals surface area contributed by atoms with Gasteiger partial charge in [0, 0.05) is 18.1 Å². The highest BCUT2D eigenvalue weighted by Crippen LogP contribution is 2.33. The zero-order valence-corrected chi connectivity index (χ0v) is 19.3. The number of carbonyl (C=O) groups excluding carboxylic acids is 1. The molecule has 2 aromatic carbocycles. The van der Waals surface area contributed by atoms with Crippen LogP contribution in [0.25, 0.3) is 0 Å². The van der Waals surface area contributed by atoms with Gasteiger partial charge in [-0.1, -0.05) is 30.3 Å². The van der Waals surface area contributed by atoms with E-state index in [9.17, 15) is 13.2 Å². The quantitative estimate of drug-likeness (QED) is 0.487. The van der Waals surface area contributed by atoms with Crippen LogP contribution >= 0.6 is 11.3 Å². The first kappa shape index (κ1) is 22.8. The van der Waals surface area contributed by atoms with E-state index in [1.54, 1.807) is 66.6 Å². The molecule has 9 heteroatoms. The van der Waals surface area contributed by atoms with Gasteiger partial charge in [0.1, 0.15) is 17.3 Å². The molecule has 164 valence electrons. The monoisotopic (exact) mass is 459 g/mol. The van der Waals surface area contributed by atoms with Crippen molar-refractivity contribution in [2.24, 2.45) is 0 Å². The Bertz CT molecular complexity index is 1130. The van der Waals surface area contributed by atoms with Gasteiger partial charge in [-0.2, -0.15) is 0 Å². The molecule has 0 saturated carbocycles. The average Bonchev–Trinajstić information content (AvgIpc) is 3.29. The molecular formula is C22H25N3O4S2. The molecule has 0 atom stereocenters. The third-order valence-electron chi connectivity index (χ3n) is 4.84. The van der Waals surface area contributed by atoms with Crippen LogP contribution in [0.4, 0.5) is 5.69 Å². The lowest BCUT2D eigenvalue weighted by Crippen LogP contribution is -2.43. The SMILES string of the molecule is CCN(Cc1nccs1)C(=O)CN(c1ccccc1OC)S(=O)(=O)c1ccccc1C. The van der Waals surface area contributed by atoms with Crippen molar-refractivity contribution in [3.05, 3.63) is 70.7 Å². The summed E-state index contributed by atoms with van der Waals surface area (Å²) >= 11 is 1.45. The number of hydrogen-bond acceptors (Lipinski definition) is 6. The third kappa shape index (κ3) is 5.05. The Balaban J connectivity index is 2.02. The summed E-state index contributed by atoms with van der Waals surface area (Å²) in [6.45, 7) is 4.00. The summed E-state index contributed by atoms with van der Waals surface area (Å²) in [5.41, 5.74) is 0.914. The first-order valence-electron chi connectivity index (χ1n) is 9.76. The van der Waals surface area contributed by atoms with E-state index in [1.165, 1.54) is 18.4 Å². The van der Waals surface area contributed by atoms with Gasteiger partial charge in [0.25, 0.3) is 10.0 Å². The van der Waals surface area contributed by atoms with Crippen molar-refractivity contribution in [3.63, 3.8) is 0 Å². The van der Waals surface area contributed by atoms with Crippen LogP contribution in [0.15, 0.2) is 65.0 Å². The van der Waals surface area contributed by atoms with Gasteiger partial charge in [-0.3, -0.25) is 9.10 Å². The molecule has 1 aromatic heterocycles. The number of amides is 1. The maximum atomic E-state index is 13.7. The predicted octanol–water partition coefficient (Wildman–Crippen LogP) is 3.70. The number of ether oxygens (including phenoxy) is 1. The van der Waals surface area contributed by atoms with Crippen LogP contribution in [0, 0.1) is 6.92 Å². The number of hydrogen-bond donors (Lipinski definition) is 0. The van der Waals surface area contributed by atoms with Gasteiger partial charge in [-0.25, -0.2) is 13.4 Å². The number of sulfonamides is 1. The lowest BCUT2D eigenvalue weighted by atomic mass is 10.2. The largest absolute Gasteiger partial charge is 0.495 e. The van der Waals surface area contributed by atoms with Crippen molar-refractivity contribution in [1.82, 2.24) is 9.88 Å². The van der Waals surface area contributed by atoms with Gasteiger partial charge >= 0.3 is 0 Å². The number of aryl methyl sites for hydroxylation is 1. The molecule has 0 aliphatic rings. The number of nitrogens with zero attached hydrogens (tertiary/aromatic N) is 3. The predicted molar refractivity (Wildman–Crippen MR) is 122 cm³/mol. The third-order valence-corrected chi connectivity index (χ3v) is 7.52. The minimum absolute atomic E-state index is 0.150. The van der Waals surface area contributed by atoms with Crippen molar-refractivity contribution in [2.75, 3.05) is 24.5 Å². The van der Waals surface area contributed by atoms with Gasteiger partial charge in [-0.05, 0) is 37.6 Å². The molecule has 0 spiro atoms. The number of aromatic nitrogens is 1. The topological polar surface area (TPSA) is 79.8 Å². The highest BCUT2D eigenvalue weighted by molar-refractivity contribution is 7.93. The Morgan fingerprint density at radius 2 is 1.84 bits per heavy atom. The maximum absolute atomic E-state index is 13.7. The number of para-hydroxylation sites is 2. The molecule has 31 heavy (non-hydrogen) atoms. The van der Waals surface area contributed by atoms with Gasteiger partial charge in [0.2, 0.25) is 5.91 Å². The molecule has 0 radical (unpaired) electrons. The Morgan fingerprint density at radius 1 is 1.13 bits per heavy atom. The van der Waals surface area contributed by atoms with E-state index in [4.69, 9.17) is 4.74 Å². The van der Waals surface area contributed by atoms with Crippen LogP contribution in [0.1, 0.15) is 17.5 Å². The minimum Gasteiger partial charge on any atom is -0.495 e. The Labute approximate surface area is 187 Å². The summed E-state index contributed by atoms with van der Waals surface area (Å²) in [6.07, 6.45) is 1.68. The van der Waals surface area contributed by atoms with Crippen molar-refractivity contribution in [3.8, 4) is 5.75 Å². The highest BCUT2D eigenvalue weighted by Gasteiger charge is 2.31. The molecule has 7 nitrogen and oxygen atoms in total. The first-order chi connectivity index (χ1) is 14.9. The standard InChI is InChI=1S/C22H25N3O4S2/c1-4-24(15-21-23-13-14-30-21)22(26)16-25(18-10-6-7-11-19(18)29-3)31(27,28)20-12-8-5-9-17(20)2/h5-14H,4,15-16H2,1-3H3. The smallest absolute Gasteiger partial charge is 0.265 e. The second kappa shape index (κ2) is 9.93. The fourth-order valence-electron chi connectivity index (χ4n) is 3.19. The molecular weight excluding hydrogens is 434 g/mol. The minimum atomic E-state index is -4.02. The van der Waals surface area contributed by atoms with E-state index in [1.807, 2.05) is 12.3 Å². The van der Waals surface area contributed by atoms with Crippen molar-refractivity contribution in [2.45, 2.75) is 25.3 Å². The molecule has 3 aromatic rings. The lowest BCUT2D eigenvalue weighted by Gasteiger charge is -2.29. The number of anilines is 1. The zero-order chi connectivity index (χ0) is 22.4. The Morgan fingerprint density at radius 3 is 2.48 bits per heavy atom. The van der Waals surface area contributed by atoms with Gasteiger partial charge in [0.15, 0.2) is 0 Å². The van der Waals surface area contributed by atoms with Crippen molar-refractivity contribution in [1.29, 1.82) is 0 Å². The van der Waals surface area contributed by atoms with Crippen molar-refractivity contribution >= 4 is 33.0 Å². The lowest BCUT2D eigenvalue weighted by molar-refractivity contribution is -0.129. The molecule has 0 saturated heterocycles. The van der Waals surface area contributed by atoms with Crippen molar-refractivity contribution < 1.29 is 17.9 Å². The van der Waals surface area contributed by atoms with Crippen LogP contribution in [0.5, 0.6) is 5.75 Å². The van der Waals surface area contributed by atoms with Crippen LogP contribution < -0.4 is 9.04 Å². The van der Waals surface area contributed by atoms with E-state index >= 15 is 0 Å². The summed E-state index contributed by atoms with van der Waals surface area (Å²) < 4.78 is 33.9. The maximum Gasteiger partial charge on any atom is 0.265 e. The molecule has 0 N–H and O–H groups in total. The summed E-state index contributed by atoms with van der Waals surface area (Å²) in [4.78, 5) is 19.2. The second-order valence-electron chi connectivity index (χ2n) is 6.78.